The number of aromatic nitrogens is 2. The number of nitrogen functional groups attached to an aromatic ring is 1. The van der Waals surface area contributed by atoms with Crippen LogP contribution in [-0.4, -0.2) is 84.1 Å². The summed E-state index contributed by atoms with van der Waals surface area (Å²) in [4.78, 5) is 15.3. The van der Waals surface area contributed by atoms with Crippen LogP contribution in [0.5, 0.6) is 0 Å². The van der Waals surface area contributed by atoms with Gasteiger partial charge in [0.25, 0.3) is 5.91 Å². The highest BCUT2D eigenvalue weighted by atomic mass is 35.5. The van der Waals surface area contributed by atoms with Crippen LogP contribution < -0.4 is 11.1 Å². The maximum absolute atomic E-state index is 13.5. The van der Waals surface area contributed by atoms with Crippen molar-refractivity contribution in [1.82, 2.24) is 14.7 Å². The number of sulfone groups is 1. The lowest BCUT2D eigenvalue weighted by Gasteiger charge is -2.28. The highest BCUT2D eigenvalue weighted by Gasteiger charge is 2.51. The smallest absolute Gasteiger partial charge is 0.261 e. The van der Waals surface area contributed by atoms with Crippen molar-refractivity contribution in [1.29, 1.82) is 0 Å². The fraction of sp³-hybridized carbons (Fsp3) is 0.615. The molecule has 1 aliphatic heterocycles. The Balaban J connectivity index is 1.23. The number of benzene rings is 1. The number of anilines is 2. The van der Waals surface area contributed by atoms with E-state index in [1.807, 2.05) is 0 Å². The van der Waals surface area contributed by atoms with Gasteiger partial charge in [-0.2, -0.15) is 5.10 Å². The number of aryl methyl sites for hydroxylation is 1. The van der Waals surface area contributed by atoms with Crippen molar-refractivity contribution in [3.05, 3.63) is 40.3 Å². The predicted molar refractivity (Wildman–Crippen MR) is 146 cm³/mol. The van der Waals surface area contributed by atoms with Gasteiger partial charge in [0.15, 0.2) is 9.84 Å². The minimum atomic E-state index is -3.43. The normalized spacial score (nSPS) is 27.5. The molecule has 0 radical (unpaired) electrons. The van der Waals surface area contributed by atoms with Gasteiger partial charge in [0.2, 0.25) is 0 Å². The molecule has 2 unspecified atom stereocenters. The monoisotopic (exact) mass is 583 g/mol. The first-order chi connectivity index (χ1) is 18.4. The highest BCUT2D eigenvalue weighted by molar-refractivity contribution is 7.91. The summed E-state index contributed by atoms with van der Waals surface area (Å²) in [5, 5.41) is 18.4. The molecule has 2 aliphatic carbocycles. The number of nitrogens with two attached hydrogens (primary N) is 1. The summed E-state index contributed by atoms with van der Waals surface area (Å²) in [6, 6.07) is 3.92. The maximum atomic E-state index is 13.5. The Morgan fingerprint density at radius 3 is 2.59 bits per heavy atom. The lowest BCUT2D eigenvalue weighted by molar-refractivity contribution is 0.0405. The molecular formula is C26H35ClFN5O5S. The summed E-state index contributed by atoms with van der Waals surface area (Å²) in [5.41, 5.74) is 6.17. The number of carbonyl (C=O) groups excluding carboxylic acids is 1. The first kappa shape index (κ1) is 28.3. The Labute approximate surface area is 232 Å². The van der Waals surface area contributed by atoms with Gasteiger partial charge in [0.05, 0.1) is 41.0 Å². The number of nitrogens with one attached hydrogen (secondary N) is 1. The standard InChI is InChI=1S/C26H35ClFN5O5S/c1-32-24(29)22(25(34)30-19-2-3-21(28)20(27)12-19)23(31-32)16-10-17-13-26(35,14-18(17)11-16)15-39(36,37)9-6-33-4-7-38-8-5-33/h2-3,12,16-18,35H,4-11,13-15,29H2,1H3,(H,30,34). The zero-order chi connectivity index (χ0) is 27.9. The summed E-state index contributed by atoms with van der Waals surface area (Å²) in [7, 11) is -1.76. The number of hydrogen-bond acceptors (Lipinski definition) is 8. The number of fused-ring (bicyclic) bond motifs is 1. The van der Waals surface area contributed by atoms with Crippen LogP contribution >= 0.6 is 11.6 Å². The molecule has 1 aromatic heterocycles. The molecule has 2 saturated carbocycles. The van der Waals surface area contributed by atoms with Crippen molar-refractivity contribution in [3.8, 4) is 0 Å². The minimum absolute atomic E-state index is 0.0260. The lowest BCUT2D eigenvalue weighted by Crippen LogP contribution is -2.41. The fourth-order valence-electron chi connectivity index (χ4n) is 6.53. The van der Waals surface area contributed by atoms with Crippen LogP contribution in [0.15, 0.2) is 18.2 Å². The molecule has 10 nitrogen and oxygen atoms in total. The molecule has 3 aliphatic rings. The quantitative estimate of drug-likeness (QED) is 0.430. The first-order valence-corrected chi connectivity index (χ1v) is 15.4. The largest absolute Gasteiger partial charge is 0.389 e. The molecule has 13 heteroatoms. The summed E-state index contributed by atoms with van der Waals surface area (Å²) >= 11 is 5.85. The van der Waals surface area contributed by atoms with Gasteiger partial charge in [-0.05, 0) is 55.7 Å². The lowest BCUT2D eigenvalue weighted by atomic mass is 9.92. The molecule has 0 bridgehead atoms. The number of ether oxygens (including phenoxy) is 1. The van der Waals surface area contributed by atoms with E-state index in [1.165, 1.54) is 22.9 Å². The Bertz CT molecular complexity index is 1330. The van der Waals surface area contributed by atoms with Gasteiger partial charge in [-0.3, -0.25) is 14.4 Å². The van der Waals surface area contributed by atoms with Gasteiger partial charge in [0.1, 0.15) is 17.2 Å². The summed E-state index contributed by atoms with van der Waals surface area (Å²) in [6.07, 6.45) is 2.17. The van der Waals surface area contributed by atoms with E-state index in [-0.39, 0.29) is 45.7 Å². The second-order valence-corrected chi connectivity index (χ2v) is 13.8. The van der Waals surface area contributed by atoms with E-state index in [0.29, 0.717) is 56.8 Å². The zero-order valence-electron chi connectivity index (χ0n) is 21.9. The number of rotatable bonds is 8. The van der Waals surface area contributed by atoms with Gasteiger partial charge in [0, 0.05) is 38.3 Å². The van der Waals surface area contributed by atoms with E-state index in [2.05, 4.69) is 15.3 Å². The predicted octanol–water partition coefficient (Wildman–Crippen LogP) is 2.43. The van der Waals surface area contributed by atoms with E-state index in [0.717, 1.165) is 13.1 Å². The number of morpholine rings is 1. The van der Waals surface area contributed by atoms with Crippen molar-refractivity contribution < 1.29 is 27.4 Å². The molecule has 4 N–H and O–H groups in total. The van der Waals surface area contributed by atoms with Gasteiger partial charge in [-0.1, -0.05) is 11.6 Å². The van der Waals surface area contributed by atoms with E-state index < -0.39 is 27.2 Å². The van der Waals surface area contributed by atoms with Gasteiger partial charge >= 0.3 is 0 Å². The average Bonchev–Trinajstić information content (AvgIpc) is 3.49. The second kappa shape index (κ2) is 11.0. The van der Waals surface area contributed by atoms with Crippen molar-refractivity contribution >= 4 is 38.9 Å². The van der Waals surface area contributed by atoms with Crippen molar-refractivity contribution in [2.45, 2.75) is 37.2 Å². The van der Waals surface area contributed by atoms with E-state index in [1.54, 1.807) is 7.05 Å². The third-order valence-electron chi connectivity index (χ3n) is 8.35. The average molecular weight is 584 g/mol. The third-order valence-corrected chi connectivity index (χ3v) is 10.4. The van der Waals surface area contributed by atoms with E-state index in [9.17, 15) is 22.7 Å². The number of hydrogen-bond donors (Lipinski definition) is 3. The van der Waals surface area contributed by atoms with E-state index >= 15 is 0 Å². The van der Waals surface area contributed by atoms with Crippen molar-refractivity contribution in [2.75, 3.05) is 55.4 Å². The molecule has 1 amide bonds. The van der Waals surface area contributed by atoms with Crippen molar-refractivity contribution in [2.24, 2.45) is 18.9 Å². The Morgan fingerprint density at radius 2 is 1.95 bits per heavy atom. The van der Waals surface area contributed by atoms with Crippen LogP contribution in [0.4, 0.5) is 15.9 Å². The Kier molecular flexibility index (Phi) is 7.95. The van der Waals surface area contributed by atoms with Crippen LogP contribution in [0.2, 0.25) is 5.02 Å². The van der Waals surface area contributed by atoms with Crippen LogP contribution in [0.1, 0.15) is 47.7 Å². The first-order valence-electron chi connectivity index (χ1n) is 13.2. The third kappa shape index (κ3) is 6.25. The van der Waals surface area contributed by atoms with E-state index in [4.69, 9.17) is 22.1 Å². The van der Waals surface area contributed by atoms with Gasteiger partial charge < -0.3 is 20.9 Å². The maximum Gasteiger partial charge on any atom is 0.261 e. The molecule has 5 rings (SSSR count). The molecular weight excluding hydrogens is 549 g/mol. The molecule has 2 aromatic rings. The van der Waals surface area contributed by atoms with Crippen LogP contribution in [0.3, 0.4) is 0 Å². The minimum Gasteiger partial charge on any atom is -0.389 e. The molecule has 2 atom stereocenters. The topological polar surface area (TPSA) is 140 Å². The summed E-state index contributed by atoms with van der Waals surface area (Å²) < 4.78 is 46.1. The number of amides is 1. The Hall–Kier alpha value is -2.25. The summed E-state index contributed by atoms with van der Waals surface area (Å²) in [6.45, 7) is 3.12. The highest BCUT2D eigenvalue weighted by Crippen LogP contribution is 2.54. The molecule has 39 heavy (non-hydrogen) atoms. The Morgan fingerprint density at radius 1 is 1.28 bits per heavy atom. The molecule has 3 fully saturated rings. The number of nitrogens with zero attached hydrogens (tertiary/aromatic N) is 3. The number of aliphatic hydroxyl groups is 1. The van der Waals surface area contributed by atoms with Crippen LogP contribution in [-0.2, 0) is 21.6 Å². The number of halogens is 2. The molecule has 2 heterocycles. The molecule has 1 saturated heterocycles. The van der Waals surface area contributed by atoms with Crippen LogP contribution in [0.25, 0.3) is 0 Å². The van der Waals surface area contributed by atoms with Gasteiger partial charge in [-0.15, -0.1) is 0 Å². The zero-order valence-corrected chi connectivity index (χ0v) is 23.5. The summed E-state index contributed by atoms with van der Waals surface area (Å²) in [5.74, 6) is -0.824. The molecule has 1 aromatic carbocycles. The number of carbonyl (C=O) groups is 1. The SMILES string of the molecule is Cn1nc(C2CC3CC(O)(CS(=O)(=O)CCN4CCOCC4)CC3C2)c(C(=O)Nc2ccc(F)c(Cl)c2)c1N. The second-order valence-electron chi connectivity index (χ2n) is 11.2. The molecule has 214 valence electrons. The van der Waals surface area contributed by atoms with Gasteiger partial charge in [-0.25, -0.2) is 12.8 Å². The van der Waals surface area contributed by atoms with Crippen molar-refractivity contribution in [3.63, 3.8) is 0 Å². The molecule has 0 spiro atoms. The van der Waals surface area contributed by atoms with Crippen LogP contribution in [0, 0.1) is 17.7 Å². The fourth-order valence-corrected chi connectivity index (χ4v) is 8.45.